The van der Waals surface area contributed by atoms with Crippen molar-refractivity contribution in [1.29, 1.82) is 0 Å². The lowest BCUT2D eigenvalue weighted by Gasteiger charge is -2.17. The molecule has 0 aliphatic rings. The first-order valence-electron chi connectivity index (χ1n) is 3.43. The molecule has 1 N–H and O–H groups in total. The summed E-state index contributed by atoms with van der Waals surface area (Å²) in [5.41, 5.74) is -0.884. The molecule has 0 aliphatic heterocycles. The van der Waals surface area contributed by atoms with E-state index in [9.17, 15) is 4.79 Å². The van der Waals surface area contributed by atoms with Crippen molar-refractivity contribution >= 4 is 28.9 Å². The molecule has 0 saturated heterocycles. The van der Waals surface area contributed by atoms with Gasteiger partial charge in [-0.05, 0) is 25.3 Å². The Labute approximate surface area is 79.8 Å². The molecule has 66 valence electrons. The molecular weight excluding hydrogens is 196 g/mol. The van der Waals surface area contributed by atoms with Crippen molar-refractivity contribution in [2.45, 2.75) is 19.3 Å². The third kappa shape index (κ3) is 1.47. The lowest BCUT2D eigenvalue weighted by atomic mass is 9.92. The van der Waals surface area contributed by atoms with Crippen LogP contribution in [0.5, 0.6) is 0 Å². The summed E-state index contributed by atoms with van der Waals surface area (Å²) < 4.78 is 0. The molecule has 0 unspecified atom stereocenters. The van der Waals surface area contributed by atoms with E-state index in [1.165, 1.54) is 11.3 Å². The average molecular weight is 205 g/mol. The van der Waals surface area contributed by atoms with Gasteiger partial charge in [-0.1, -0.05) is 11.6 Å². The van der Waals surface area contributed by atoms with Gasteiger partial charge in [0.2, 0.25) is 0 Å². The lowest BCUT2D eigenvalue weighted by Crippen LogP contribution is -2.27. The second-order valence-electron chi connectivity index (χ2n) is 3.03. The third-order valence-electron chi connectivity index (χ3n) is 1.72. The molecule has 0 spiro atoms. The van der Waals surface area contributed by atoms with Gasteiger partial charge >= 0.3 is 5.97 Å². The van der Waals surface area contributed by atoms with Crippen molar-refractivity contribution in [3.8, 4) is 0 Å². The fourth-order valence-electron chi connectivity index (χ4n) is 0.837. The van der Waals surface area contributed by atoms with E-state index in [1.54, 1.807) is 25.3 Å². The van der Waals surface area contributed by atoms with E-state index in [2.05, 4.69) is 0 Å². The Hall–Kier alpha value is -0.540. The highest BCUT2D eigenvalue weighted by molar-refractivity contribution is 7.10. The fraction of sp³-hybridized carbons (Fsp3) is 0.375. The highest BCUT2D eigenvalue weighted by Crippen LogP contribution is 2.34. The van der Waals surface area contributed by atoms with Gasteiger partial charge < -0.3 is 5.11 Å². The molecule has 2 nitrogen and oxygen atoms in total. The number of carboxylic acids is 1. The maximum Gasteiger partial charge on any atom is 0.314 e. The van der Waals surface area contributed by atoms with Gasteiger partial charge in [0.1, 0.15) is 0 Å². The molecule has 0 aliphatic carbocycles. The van der Waals surface area contributed by atoms with E-state index >= 15 is 0 Å². The maximum absolute atomic E-state index is 10.8. The normalized spacial score (nSPS) is 11.6. The van der Waals surface area contributed by atoms with Gasteiger partial charge in [0, 0.05) is 4.88 Å². The second kappa shape index (κ2) is 3.07. The van der Waals surface area contributed by atoms with Crippen LogP contribution in [0.3, 0.4) is 0 Å². The fourth-order valence-corrected chi connectivity index (χ4v) is 2.25. The summed E-state index contributed by atoms with van der Waals surface area (Å²) in [5, 5.41) is 11.2. The van der Waals surface area contributed by atoms with Crippen LogP contribution in [0.25, 0.3) is 0 Å². The molecule has 0 radical (unpaired) electrons. The van der Waals surface area contributed by atoms with Crippen LogP contribution in [-0.4, -0.2) is 11.1 Å². The van der Waals surface area contributed by atoms with E-state index in [0.717, 1.165) is 0 Å². The molecule has 4 heteroatoms. The van der Waals surface area contributed by atoms with Gasteiger partial charge in [-0.2, -0.15) is 0 Å². The number of carbonyl (C=O) groups is 1. The molecule has 0 fully saturated rings. The highest BCUT2D eigenvalue weighted by Gasteiger charge is 2.32. The molecule has 1 aromatic rings. The van der Waals surface area contributed by atoms with E-state index in [-0.39, 0.29) is 0 Å². The minimum absolute atomic E-state index is 0.535. The van der Waals surface area contributed by atoms with Crippen LogP contribution < -0.4 is 0 Å². The molecule has 0 saturated carbocycles. The van der Waals surface area contributed by atoms with Gasteiger partial charge in [-0.15, -0.1) is 11.3 Å². The van der Waals surface area contributed by atoms with Gasteiger partial charge in [0.15, 0.2) is 0 Å². The zero-order valence-electron chi connectivity index (χ0n) is 6.80. The smallest absolute Gasteiger partial charge is 0.314 e. The van der Waals surface area contributed by atoms with E-state index < -0.39 is 11.4 Å². The van der Waals surface area contributed by atoms with Crippen molar-refractivity contribution in [3.63, 3.8) is 0 Å². The molecule has 1 rings (SSSR count). The molecule has 1 aromatic heterocycles. The first kappa shape index (κ1) is 9.55. The number of hydrogen-bond acceptors (Lipinski definition) is 2. The molecule has 12 heavy (non-hydrogen) atoms. The minimum atomic E-state index is -0.884. The van der Waals surface area contributed by atoms with Crippen LogP contribution in [0.2, 0.25) is 5.02 Å². The quantitative estimate of drug-likeness (QED) is 0.805. The Morgan fingerprint density at radius 2 is 2.25 bits per heavy atom. The monoisotopic (exact) mass is 204 g/mol. The van der Waals surface area contributed by atoms with E-state index in [1.807, 2.05) is 0 Å². The van der Waals surface area contributed by atoms with Crippen LogP contribution >= 0.6 is 22.9 Å². The largest absolute Gasteiger partial charge is 0.481 e. The molecule has 0 bridgehead atoms. The Morgan fingerprint density at radius 3 is 2.58 bits per heavy atom. The number of aliphatic carboxylic acids is 1. The number of hydrogen-bond donors (Lipinski definition) is 1. The minimum Gasteiger partial charge on any atom is -0.481 e. The van der Waals surface area contributed by atoms with Crippen LogP contribution in [0, 0.1) is 0 Å². The summed E-state index contributed by atoms with van der Waals surface area (Å²) in [5.74, 6) is -0.855. The zero-order valence-corrected chi connectivity index (χ0v) is 8.37. The first-order valence-corrected chi connectivity index (χ1v) is 4.69. The Morgan fingerprint density at radius 1 is 1.67 bits per heavy atom. The van der Waals surface area contributed by atoms with E-state index in [4.69, 9.17) is 16.7 Å². The van der Waals surface area contributed by atoms with Crippen molar-refractivity contribution < 1.29 is 9.90 Å². The first-order chi connectivity index (χ1) is 5.46. The highest BCUT2D eigenvalue weighted by atomic mass is 35.5. The van der Waals surface area contributed by atoms with Crippen molar-refractivity contribution in [2.24, 2.45) is 0 Å². The Bertz CT molecular complexity index is 304. The van der Waals surface area contributed by atoms with Crippen LogP contribution in [0.15, 0.2) is 11.4 Å². The molecule has 0 aromatic carbocycles. The lowest BCUT2D eigenvalue weighted by molar-refractivity contribution is -0.142. The van der Waals surface area contributed by atoms with Crippen LogP contribution in [-0.2, 0) is 10.2 Å². The van der Waals surface area contributed by atoms with Gasteiger partial charge in [0.05, 0.1) is 10.4 Å². The molecule has 0 atom stereocenters. The standard InChI is InChI=1S/C8H9ClO2S/c1-8(2,7(10)11)6-5(9)3-4-12-6/h3-4H,1-2H3,(H,10,11). The predicted molar refractivity (Wildman–Crippen MR) is 50.0 cm³/mol. The molecular formula is C8H9ClO2S. The molecule has 1 heterocycles. The van der Waals surface area contributed by atoms with Crippen LogP contribution in [0.1, 0.15) is 18.7 Å². The van der Waals surface area contributed by atoms with Crippen LogP contribution in [0.4, 0.5) is 0 Å². The Kier molecular flexibility index (Phi) is 2.44. The Balaban J connectivity index is 3.13. The molecule has 0 amide bonds. The summed E-state index contributed by atoms with van der Waals surface area (Å²) in [4.78, 5) is 11.5. The van der Waals surface area contributed by atoms with Crippen molar-refractivity contribution in [1.82, 2.24) is 0 Å². The topological polar surface area (TPSA) is 37.3 Å². The summed E-state index contributed by atoms with van der Waals surface area (Å²) in [6, 6.07) is 1.71. The zero-order chi connectivity index (χ0) is 9.35. The summed E-state index contributed by atoms with van der Waals surface area (Å²) in [7, 11) is 0. The summed E-state index contributed by atoms with van der Waals surface area (Å²) in [6.45, 7) is 3.29. The van der Waals surface area contributed by atoms with Crippen molar-refractivity contribution in [3.05, 3.63) is 21.3 Å². The number of thiophene rings is 1. The second-order valence-corrected chi connectivity index (χ2v) is 4.35. The number of rotatable bonds is 2. The van der Waals surface area contributed by atoms with Gasteiger partial charge in [0.25, 0.3) is 0 Å². The predicted octanol–water partition coefficient (Wildman–Crippen LogP) is 2.76. The number of carboxylic acid groups (broad SMARTS) is 1. The average Bonchev–Trinajstić information content (AvgIpc) is 2.35. The summed E-state index contributed by atoms with van der Waals surface area (Å²) in [6.07, 6.45) is 0. The SMILES string of the molecule is CC(C)(C(=O)O)c1sccc1Cl. The van der Waals surface area contributed by atoms with Gasteiger partial charge in [-0.3, -0.25) is 4.79 Å². The van der Waals surface area contributed by atoms with Crippen molar-refractivity contribution in [2.75, 3.05) is 0 Å². The third-order valence-corrected chi connectivity index (χ3v) is 3.38. The van der Waals surface area contributed by atoms with E-state index in [0.29, 0.717) is 9.90 Å². The maximum atomic E-state index is 10.8. The van der Waals surface area contributed by atoms with Gasteiger partial charge in [-0.25, -0.2) is 0 Å². The number of halogens is 1. The summed E-state index contributed by atoms with van der Waals surface area (Å²) >= 11 is 7.19.